The zero-order chi connectivity index (χ0) is 15.3. The molecular formula is C15H16FNO3S. The van der Waals surface area contributed by atoms with Gasteiger partial charge in [-0.25, -0.2) is 17.5 Å². The molecule has 2 N–H and O–H groups in total. The summed E-state index contributed by atoms with van der Waals surface area (Å²) in [6, 6.07) is 12.1. The van der Waals surface area contributed by atoms with Crippen molar-refractivity contribution in [3.63, 3.8) is 0 Å². The molecule has 2 aromatic rings. The minimum atomic E-state index is -3.70. The van der Waals surface area contributed by atoms with E-state index in [4.69, 9.17) is 5.11 Å². The second kappa shape index (κ2) is 6.80. The maximum absolute atomic E-state index is 13.0. The lowest BCUT2D eigenvalue weighted by Crippen LogP contribution is -2.26. The monoisotopic (exact) mass is 309 g/mol. The number of rotatable bonds is 6. The van der Waals surface area contributed by atoms with Gasteiger partial charge in [-0.05, 0) is 35.7 Å². The molecule has 0 unspecified atom stereocenters. The molecule has 0 aliphatic rings. The average molecular weight is 309 g/mol. The molecule has 0 heterocycles. The van der Waals surface area contributed by atoms with E-state index in [-0.39, 0.29) is 18.0 Å². The standard InChI is InChI=1S/C15H16FNO3S/c16-14-2-1-3-15(10-14)21(19,20)17-9-8-12-4-6-13(11-18)7-5-12/h1-7,10,17-18H,8-9,11H2. The predicted octanol–water partition coefficient (Wildman–Crippen LogP) is 1.84. The molecule has 0 aromatic heterocycles. The molecule has 6 heteroatoms. The van der Waals surface area contributed by atoms with Gasteiger partial charge in [0.25, 0.3) is 0 Å². The first-order valence-electron chi connectivity index (χ1n) is 6.45. The van der Waals surface area contributed by atoms with E-state index >= 15 is 0 Å². The van der Waals surface area contributed by atoms with Gasteiger partial charge in [0.1, 0.15) is 5.82 Å². The highest BCUT2D eigenvalue weighted by molar-refractivity contribution is 7.89. The number of hydrogen-bond donors (Lipinski definition) is 2. The third-order valence-electron chi connectivity index (χ3n) is 3.02. The van der Waals surface area contributed by atoms with Crippen LogP contribution in [0.15, 0.2) is 53.4 Å². The Morgan fingerprint density at radius 2 is 1.71 bits per heavy atom. The van der Waals surface area contributed by atoms with Gasteiger partial charge in [-0.2, -0.15) is 0 Å². The van der Waals surface area contributed by atoms with Gasteiger partial charge in [-0.15, -0.1) is 0 Å². The molecular weight excluding hydrogens is 293 g/mol. The molecule has 0 spiro atoms. The van der Waals surface area contributed by atoms with Gasteiger partial charge < -0.3 is 5.11 Å². The minimum absolute atomic E-state index is 0.0213. The summed E-state index contributed by atoms with van der Waals surface area (Å²) in [5.74, 6) is -0.586. The Morgan fingerprint density at radius 3 is 2.33 bits per heavy atom. The Kier molecular flexibility index (Phi) is 5.06. The first-order chi connectivity index (χ1) is 10.0. The van der Waals surface area contributed by atoms with Crippen LogP contribution in [-0.4, -0.2) is 20.1 Å². The van der Waals surface area contributed by atoms with Crippen molar-refractivity contribution in [3.05, 3.63) is 65.5 Å². The first kappa shape index (κ1) is 15.6. The lowest BCUT2D eigenvalue weighted by molar-refractivity contribution is 0.282. The van der Waals surface area contributed by atoms with Gasteiger partial charge >= 0.3 is 0 Å². The number of sulfonamides is 1. The number of benzene rings is 2. The van der Waals surface area contributed by atoms with Crippen LogP contribution >= 0.6 is 0 Å². The van der Waals surface area contributed by atoms with E-state index in [0.717, 1.165) is 17.2 Å². The van der Waals surface area contributed by atoms with Gasteiger partial charge in [-0.1, -0.05) is 30.3 Å². The molecule has 0 aliphatic heterocycles. The van der Waals surface area contributed by atoms with Crippen molar-refractivity contribution in [3.8, 4) is 0 Å². The number of aliphatic hydroxyl groups excluding tert-OH is 1. The predicted molar refractivity (Wildman–Crippen MR) is 77.7 cm³/mol. The molecule has 4 nitrogen and oxygen atoms in total. The molecule has 112 valence electrons. The van der Waals surface area contributed by atoms with Crippen LogP contribution in [-0.2, 0) is 23.1 Å². The first-order valence-corrected chi connectivity index (χ1v) is 7.93. The van der Waals surface area contributed by atoms with Crippen LogP contribution in [0, 0.1) is 5.82 Å². The third kappa shape index (κ3) is 4.35. The van der Waals surface area contributed by atoms with Gasteiger partial charge in [0, 0.05) is 6.54 Å². The Hall–Kier alpha value is -1.76. The molecule has 0 radical (unpaired) electrons. The highest BCUT2D eigenvalue weighted by Crippen LogP contribution is 2.10. The fourth-order valence-corrected chi connectivity index (χ4v) is 2.92. The number of nitrogens with one attached hydrogen (secondary N) is 1. The number of hydrogen-bond acceptors (Lipinski definition) is 3. The maximum atomic E-state index is 13.0. The van der Waals surface area contributed by atoms with Crippen molar-refractivity contribution >= 4 is 10.0 Å². The molecule has 2 rings (SSSR count). The quantitative estimate of drug-likeness (QED) is 0.855. The van der Waals surface area contributed by atoms with Crippen LogP contribution < -0.4 is 4.72 Å². The number of aliphatic hydroxyl groups is 1. The van der Waals surface area contributed by atoms with E-state index in [0.29, 0.717) is 6.42 Å². The molecule has 0 fully saturated rings. The van der Waals surface area contributed by atoms with Crippen LogP contribution in [0.2, 0.25) is 0 Å². The second-order valence-corrected chi connectivity index (χ2v) is 6.35. The average Bonchev–Trinajstić information content (AvgIpc) is 2.48. The highest BCUT2D eigenvalue weighted by Gasteiger charge is 2.13. The summed E-state index contributed by atoms with van der Waals surface area (Å²) in [6.07, 6.45) is 0.514. The van der Waals surface area contributed by atoms with Crippen molar-refractivity contribution < 1.29 is 17.9 Å². The summed E-state index contributed by atoms with van der Waals surface area (Å²) in [7, 11) is -3.70. The van der Waals surface area contributed by atoms with Crippen LogP contribution in [0.5, 0.6) is 0 Å². The Bertz CT molecular complexity index is 699. The van der Waals surface area contributed by atoms with Crippen molar-refractivity contribution in [2.45, 2.75) is 17.9 Å². The molecule has 0 saturated heterocycles. The van der Waals surface area contributed by atoms with Gasteiger partial charge in [-0.3, -0.25) is 0 Å². The Labute approximate surface area is 123 Å². The van der Waals surface area contributed by atoms with E-state index < -0.39 is 15.8 Å². The summed E-state index contributed by atoms with van der Waals surface area (Å²) < 4.78 is 39.4. The molecule has 21 heavy (non-hydrogen) atoms. The molecule has 0 amide bonds. The largest absolute Gasteiger partial charge is 0.392 e. The molecule has 0 atom stereocenters. The minimum Gasteiger partial charge on any atom is -0.392 e. The topological polar surface area (TPSA) is 66.4 Å². The molecule has 0 aliphatic carbocycles. The zero-order valence-corrected chi connectivity index (χ0v) is 12.1. The highest BCUT2D eigenvalue weighted by atomic mass is 32.2. The van der Waals surface area contributed by atoms with Crippen molar-refractivity contribution in [2.75, 3.05) is 6.54 Å². The SMILES string of the molecule is O=S(=O)(NCCc1ccc(CO)cc1)c1cccc(F)c1. The summed E-state index contributed by atoms with van der Waals surface area (Å²) in [5.41, 5.74) is 1.76. The van der Waals surface area contributed by atoms with Gasteiger partial charge in [0.15, 0.2) is 0 Å². The van der Waals surface area contributed by atoms with Crippen molar-refractivity contribution in [1.82, 2.24) is 4.72 Å². The van der Waals surface area contributed by atoms with Crippen molar-refractivity contribution in [2.24, 2.45) is 0 Å². The van der Waals surface area contributed by atoms with Crippen LogP contribution in [0.4, 0.5) is 4.39 Å². The summed E-state index contributed by atoms with van der Waals surface area (Å²) in [5, 5.41) is 8.94. The normalized spacial score (nSPS) is 11.5. The molecule has 2 aromatic carbocycles. The van der Waals surface area contributed by atoms with Crippen LogP contribution in [0.25, 0.3) is 0 Å². The third-order valence-corrected chi connectivity index (χ3v) is 4.48. The zero-order valence-electron chi connectivity index (χ0n) is 11.3. The Morgan fingerprint density at radius 1 is 1.05 bits per heavy atom. The van der Waals surface area contributed by atoms with Gasteiger partial charge in [0.05, 0.1) is 11.5 Å². The van der Waals surface area contributed by atoms with E-state index in [1.807, 2.05) is 12.1 Å². The smallest absolute Gasteiger partial charge is 0.240 e. The maximum Gasteiger partial charge on any atom is 0.240 e. The summed E-state index contributed by atoms with van der Waals surface area (Å²) in [6.45, 7) is 0.198. The Balaban J connectivity index is 1.95. The molecule has 0 bridgehead atoms. The second-order valence-electron chi connectivity index (χ2n) is 4.58. The summed E-state index contributed by atoms with van der Waals surface area (Å²) in [4.78, 5) is -0.0851. The fourth-order valence-electron chi connectivity index (χ4n) is 1.86. The van der Waals surface area contributed by atoms with Crippen LogP contribution in [0.3, 0.4) is 0 Å². The van der Waals surface area contributed by atoms with E-state index in [1.165, 1.54) is 18.2 Å². The van der Waals surface area contributed by atoms with Crippen LogP contribution in [0.1, 0.15) is 11.1 Å². The van der Waals surface area contributed by atoms with Crippen molar-refractivity contribution in [1.29, 1.82) is 0 Å². The van der Waals surface area contributed by atoms with E-state index in [2.05, 4.69) is 4.72 Å². The lowest BCUT2D eigenvalue weighted by atomic mass is 10.1. The lowest BCUT2D eigenvalue weighted by Gasteiger charge is -2.07. The van der Waals surface area contributed by atoms with E-state index in [9.17, 15) is 12.8 Å². The van der Waals surface area contributed by atoms with Gasteiger partial charge in [0.2, 0.25) is 10.0 Å². The molecule has 0 saturated carbocycles. The number of halogens is 1. The fraction of sp³-hybridized carbons (Fsp3) is 0.200. The summed E-state index contributed by atoms with van der Waals surface area (Å²) >= 11 is 0. The van der Waals surface area contributed by atoms with E-state index in [1.54, 1.807) is 12.1 Å².